The van der Waals surface area contributed by atoms with E-state index in [-0.39, 0.29) is 42.7 Å². The van der Waals surface area contributed by atoms with Crippen molar-refractivity contribution in [3.63, 3.8) is 0 Å². The molecule has 2 unspecified atom stereocenters. The molecule has 0 amide bonds. The van der Waals surface area contributed by atoms with Gasteiger partial charge in [-0.3, -0.25) is 9.59 Å². The van der Waals surface area contributed by atoms with Crippen molar-refractivity contribution in [3.05, 3.63) is 0 Å². The third-order valence-corrected chi connectivity index (χ3v) is 8.06. The molecule has 2 atom stereocenters. The molecule has 8 heteroatoms. The largest absolute Gasteiger partial charge is 0.477 e. The van der Waals surface area contributed by atoms with Gasteiger partial charge in [0, 0.05) is 19.3 Å². The van der Waals surface area contributed by atoms with Gasteiger partial charge in [0.15, 0.2) is 12.1 Å². The summed E-state index contributed by atoms with van der Waals surface area (Å²) in [6, 6.07) is -0.603. The summed E-state index contributed by atoms with van der Waals surface area (Å²) < 4.78 is 16.6. The Bertz CT molecular complexity index is 692. The smallest absolute Gasteiger partial charge is 0.362 e. The van der Waals surface area contributed by atoms with E-state index in [0.29, 0.717) is 12.8 Å². The predicted molar refractivity (Wildman–Crippen MR) is 174 cm³/mol. The molecule has 0 aliphatic carbocycles. The maximum absolute atomic E-state index is 12.4. The highest BCUT2D eigenvalue weighted by Crippen LogP contribution is 2.15. The summed E-state index contributed by atoms with van der Waals surface area (Å²) >= 11 is 0. The zero-order valence-corrected chi connectivity index (χ0v) is 28.7. The Hall–Kier alpha value is -1.67. The minimum Gasteiger partial charge on any atom is -0.477 e. The first-order valence-corrected chi connectivity index (χ1v) is 17.6. The molecule has 1 N–H and O–H groups in total. The van der Waals surface area contributed by atoms with Crippen LogP contribution in [0.25, 0.3) is 0 Å². The van der Waals surface area contributed by atoms with E-state index in [4.69, 9.17) is 14.2 Å². The molecular formula is C35H68NO7+. The highest BCUT2D eigenvalue weighted by Gasteiger charge is 2.31. The first-order chi connectivity index (χ1) is 20.6. The second-order valence-corrected chi connectivity index (χ2v) is 13.1. The molecule has 0 aliphatic rings. The number of hydrogen-bond donors (Lipinski definition) is 1. The number of esters is 2. The monoisotopic (exact) mass is 614 g/mol. The number of carboxylic acids is 1. The Labute approximate surface area is 264 Å². The number of quaternary nitrogens is 1. The van der Waals surface area contributed by atoms with Crippen LogP contribution in [0.1, 0.15) is 155 Å². The van der Waals surface area contributed by atoms with Gasteiger partial charge < -0.3 is 23.8 Å². The molecule has 0 bridgehead atoms. The lowest BCUT2D eigenvalue weighted by Crippen LogP contribution is -2.50. The topological polar surface area (TPSA) is 99.1 Å². The zero-order chi connectivity index (χ0) is 32.2. The predicted octanol–water partition coefficient (Wildman–Crippen LogP) is 8.24. The Balaban J connectivity index is 3.90. The van der Waals surface area contributed by atoms with Crippen molar-refractivity contribution in [1.29, 1.82) is 0 Å². The highest BCUT2D eigenvalue weighted by molar-refractivity contribution is 5.72. The van der Waals surface area contributed by atoms with Crippen LogP contribution in [0.3, 0.4) is 0 Å². The Morgan fingerprint density at radius 3 is 1.47 bits per heavy atom. The molecule has 0 saturated heterocycles. The van der Waals surface area contributed by atoms with Crippen LogP contribution in [-0.2, 0) is 28.6 Å². The molecule has 0 aromatic heterocycles. The number of carbonyl (C=O) groups excluding carboxylic acids is 2. The van der Waals surface area contributed by atoms with Crippen molar-refractivity contribution in [2.45, 2.75) is 167 Å². The van der Waals surface area contributed by atoms with Crippen LogP contribution in [0, 0.1) is 0 Å². The number of ether oxygens (including phenoxy) is 3. The summed E-state index contributed by atoms with van der Waals surface area (Å²) in [7, 11) is 5.48. The second-order valence-electron chi connectivity index (χ2n) is 13.1. The Morgan fingerprint density at radius 2 is 1.07 bits per heavy atom. The van der Waals surface area contributed by atoms with Crippen molar-refractivity contribution in [3.8, 4) is 0 Å². The van der Waals surface area contributed by atoms with Gasteiger partial charge in [0.1, 0.15) is 6.61 Å². The number of likely N-dealkylation sites (N-methyl/N-ethyl adjacent to an activating group) is 1. The normalized spacial score (nSPS) is 13.0. The van der Waals surface area contributed by atoms with Gasteiger partial charge in [-0.1, -0.05) is 129 Å². The van der Waals surface area contributed by atoms with Crippen LogP contribution in [0.2, 0.25) is 0 Å². The van der Waals surface area contributed by atoms with Gasteiger partial charge in [0.2, 0.25) is 0 Å². The quantitative estimate of drug-likeness (QED) is 0.0477. The van der Waals surface area contributed by atoms with Crippen molar-refractivity contribution in [1.82, 2.24) is 0 Å². The molecule has 43 heavy (non-hydrogen) atoms. The third kappa shape index (κ3) is 26.5. The van der Waals surface area contributed by atoms with E-state index >= 15 is 0 Å². The number of aliphatic carboxylic acids is 1. The Morgan fingerprint density at radius 1 is 0.628 bits per heavy atom. The molecule has 0 aromatic rings. The molecule has 8 nitrogen and oxygen atoms in total. The number of rotatable bonds is 31. The summed E-state index contributed by atoms with van der Waals surface area (Å²) in [5.74, 6) is -1.56. The van der Waals surface area contributed by atoms with Crippen LogP contribution in [0.5, 0.6) is 0 Å². The average molecular weight is 615 g/mol. The summed E-state index contributed by atoms with van der Waals surface area (Å²) in [4.78, 5) is 35.5. The average Bonchev–Trinajstić information content (AvgIpc) is 2.95. The van der Waals surface area contributed by atoms with E-state index in [1.165, 1.54) is 103 Å². The lowest BCUT2D eigenvalue weighted by molar-refractivity contribution is -0.887. The van der Waals surface area contributed by atoms with Gasteiger partial charge in [0.05, 0.1) is 34.4 Å². The molecule has 0 fully saturated rings. The first kappa shape index (κ1) is 41.3. The summed E-state index contributed by atoms with van der Waals surface area (Å²) in [5, 5.41) is 9.46. The summed E-state index contributed by atoms with van der Waals surface area (Å²) in [6.07, 6.45) is 25.0. The fraction of sp³-hybridized carbons (Fsp3) is 0.914. The fourth-order valence-electron chi connectivity index (χ4n) is 5.25. The van der Waals surface area contributed by atoms with Gasteiger partial charge in [-0.2, -0.15) is 0 Å². The van der Waals surface area contributed by atoms with Gasteiger partial charge in [-0.05, 0) is 6.42 Å². The molecule has 0 saturated carbocycles. The van der Waals surface area contributed by atoms with E-state index in [2.05, 4.69) is 6.92 Å². The van der Waals surface area contributed by atoms with Crippen LogP contribution >= 0.6 is 0 Å². The maximum Gasteiger partial charge on any atom is 0.362 e. The maximum atomic E-state index is 12.4. The molecule has 254 valence electrons. The van der Waals surface area contributed by atoms with Gasteiger partial charge in [-0.25, -0.2) is 4.79 Å². The molecule has 0 rings (SSSR count). The van der Waals surface area contributed by atoms with Gasteiger partial charge in [-0.15, -0.1) is 0 Å². The number of carboxylic acid groups (broad SMARTS) is 1. The first-order valence-electron chi connectivity index (χ1n) is 17.6. The molecule has 0 heterocycles. The second kappa shape index (κ2) is 27.8. The van der Waals surface area contributed by atoms with E-state index in [9.17, 15) is 19.5 Å². The molecule has 0 aromatic carbocycles. The van der Waals surface area contributed by atoms with Gasteiger partial charge >= 0.3 is 17.9 Å². The highest BCUT2D eigenvalue weighted by atomic mass is 16.6. The van der Waals surface area contributed by atoms with Crippen molar-refractivity contribution < 1.29 is 38.2 Å². The molecular weight excluding hydrogens is 546 g/mol. The van der Waals surface area contributed by atoms with Crippen LogP contribution in [0.15, 0.2) is 0 Å². The lowest BCUT2D eigenvalue weighted by atomic mass is 10.0. The number of carbonyl (C=O) groups is 3. The van der Waals surface area contributed by atoms with Gasteiger partial charge in [0.25, 0.3) is 0 Å². The molecule has 0 aliphatic heterocycles. The number of nitrogens with zero attached hydrogens (tertiary/aromatic N) is 1. The van der Waals surface area contributed by atoms with E-state index in [1.54, 1.807) is 6.92 Å². The molecule has 0 radical (unpaired) electrons. The van der Waals surface area contributed by atoms with E-state index in [0.717, 1.165) is 19.3 Å². The van der Waals surface area contributed by atoms with Crippen molar-refractivity contribution in [2.24, 2.45) is 0 Å². The lowest BCUT2D eigenvalue weighted by Gasteiger charge is -2.31. The number of unbranched alkanes of at least 4 members (excludes halogenated alkanes) is 18. The van der Waals surface area contributed by atoms with Crippen LogP contribution < -0.4 is 0 Å². The summed E-state index contributed by atoms with van der Waals surface area (Å²) in [5.41, 5.74) is 0. The van der Waals surface area contributed by atoms with E-state index in [1.807, 2.05) is 21.1 Å². The standard InChI is InChI=1S/C35H67NO7/c1-6-8-9-10-11-12-13-14-15-16-17-18-19-20-21-22-23-24-25-26-34(38)43-31(30-42-33(37)7-2)29-41-28-27-32(35(39)40)36(3,4)5/h31-32H,6-30H2,1-5H3/p+1. The zero-order valence-electron chi connectivity index (χ0n) is 28.7. The minimum atomic E-state index is -0.879. The Kier molecular flexibility index (Phi) is 26.8. The van der Waals surface area contributed by atoms with E-state index < -0.39 is 18.1 Å². The minimum absolute atomic E-state index is 0.0602. The van der Waals surface area contributed by atoms with Crippen LogP contribution in [0.4, 0.5) is 0 Å². The van der Waals surface area contributed by atoms with Crippen molar-refractivity contribution in [2.75, 3.05) is 41.0 Å². The van der Waals surface area contributed by atoms with Crippen molar-refractivity contribution >= 4 is 17.9 Å². The summed E-state index contributed by atoms with van der Waals surface area (Å²) in [6.45, 7) is 4.19. The third-order valence-electron chi connectivity index (χ3n) is 8.06. The molecule has 0 spiro atoms. The van der Waals surface area contributed by atoms with Crippen LogP contribution in [-0.4, -0.2) is 80.6 Å². The number of hydrogen-bond acceptors (Lipinski definition) is 6. The fourth-order valence-corrected chi connectivity index (χ4v) is 5.25. The SMILES string of the molecule is CCCCCCCCCCCCCCCCCCCCCC(=O)OC(COCCC(C(=O)O)[N+](C)(C)C)COC(=O)CC.